The van der Waals surface area contributed by atoms with Crippen LogP contribution in [0.3, 0.4) is 0 Å². The molecule has 0 spiro atoms. The van der Waals surface area contributed by atoms with Gasteiger partial charge in [-0.1, -0.05) is 13.3 Å². The van der Waals surface area contributed by atoms with Crippen LogP contribution in [-0.4, -0.2) is 27.8 Å². The number of halogens is 1. The molecule has 0 aromatic rings. The van der Waals surface area contributed by atoms with E-state index in [4.69, 9.17) is 11.6 Å². The van der Waals surface area contributed by atoms with Crippen LogP contribution in [0.4, 0.5) is 0 Å². The molecule has 1 aliphatic rings. The molecule has 1 aliphatic heterocycles. The second kappa shape index (κ2) is 3.16. The third-order valence-electron chi connectivity index (χ3n) is 3.42. The lowest BCUT2D eigenvalue weighted by Gasteiger charge is -2.09. The van der Waals surface area contributed by atoms with E-state index < -0.39 is 0 Å². The smallest absolute Gasteiger partial charge is 0.238 e. The molecular formula is C10H18ClNO. The second-order valence-corrected chi connectivity index (χ2v) is 4.71. The molecule has 0 bridgehead atoms. The van der Waals surface area contributed by atoms with Gasteiger partial charge in [0.05, 0.1) is 11.1 Å². The molecular weight excluding hydrogens is 186 g/mol. The predicted octanol–water partition coefficient (Wildman–Crippen LogP) is 2.40. The Morgan fingerprint density at radius 1 is 1.38 bits per heavy atom. The van der Waals surface area contributed by atoms with E-state index in [2.05, 4.69) is 27.7 Å². The molecule has 1 heterocycles. The predicted molar refractivity (Wildman–Crippen MR) is 55.0 cm³/mol. The normalized spacial score (nSPS) is 30.4. The van der Waals surface area contributed by atoms with E-state index in [1.54, 1.807) is 0 Å². The first-order valence-electron chi connectivity index (χ1n) is 4.81. The molecule has 3 heteroatoms. The highest BCUT2D eigenvalue weighted by molar-refractivity contribution is 6.27. The van der Waals surface area contributed by atoms with Crippen LogP contribution < -0.4 is 0 Å². The van der Waals surface area contributed by atoms with Gasteiger partial charge in [0.2, 0.25) is 5.91 Å². The number of rotatable bonds is 3. The van der Waals surface area contributed by atoms with Gasteiger partial charge >= 0.3 is 0 Å². The van der Waals surface area contributed by atoms with Crippen LogP contribution in [0.5, 0.6) is 0 Å². The van der Waals surface area contributed by atoms with Gasteiger partial charge in [-0.05, 0) is 27.2 Å². The van der Waals surface area contributed by atoms with Crippen molar-refractivity contribution in [1.29, 1.82) is 0 Å². The topological polar surface area (TPSA) is 20.1 Å². The SMILES string of the molecule is CCCC1(C)N(C(=O)CCl)C1(C)C. The quantitative estimate of drug-likeness (QED) is 0.510. The van der Waals surface area contributed by atoms with Gasteiger partial charge in [-0.25, -0.2) is 0 Å². The Hall–Kier alpha value is -0.240. The summed E-state index contributed by atoms with van der Waals surface area (Å²) in [5, 5.41) is 0. The lowest BCUT2D eigenvalue weighted by atomic mass is 9.94. The maximum Gasteiger partial charge on any atom is 0.238 e. The first-order valence-corrected chi connectivity index (χ1v) is 5.34. The fourth-order valence-corrected chi connectivity index (χ4v) is 2.49. The minimum Gasteiger partial charge on any atom is -0.326 e. The zero-order chi connectivity index (χ0) is 10.3. The molecule has 0 aliphatic carbocycles. The van der Waals surface area contributed by atoms with Crippen molar-refractivity contribution in [2.75, 3.05) is 5.88 Å². The Morgan fingerprint density at radius 2 is 1.92 bits per heavy atom. The maximum atomic E-state index is 11.5. The van der Waals surface area contributed by atoms with Crippen molar-refractivity contribution in [2.45, 2.75) is 51.6 Å². The van der Waals surface area contributed by atoms with E-state index in [0.717, 1.165) is 12.8 Å². The van der Waals surface area contributed by atoms with Gasteiger partial charge in [-0.2, -0.15) is 0 Å². The fourth-order valence-electron chi connectivity index (χ4n) is 2.37. The van der Waals surface area contributed by atoms with Crippen LogP contribution in [0.2, 0.25) is 0 Å². The van der Waals surface area contributed by atoms with Crippen molar-refractivity contribution in [3.05, 3.63) is 0 Å². The minimum absolute atomic E-state index is 0.00498. The Bertz CT molecular complexity index is 227. The number of amides is 1. The molecule has 0 N–H and O–H groups in total. The lowest BCUT2D eigenvalue weighted by molar-refractivity contribution is -0.125. The molecule has 1 fully saturated rings. The summed E-state index contributed by atoms with van der Waals surface area (Å²) >= 11 is 5.55. The van der Waals surface area contributed by atoms with Crippen LogP contribution in [0.15, 0.2) is 0 Å². The van der Waals surface area contributed by atoms with Gasteiger partial charge in [-0.15, -0.1) is 11.6 Å². The van der Waals surface area contributed by atoms with Crippen molar-refractivity contribution in [3.63, 3.8) is 0 Å². The van der Waals surface area contributed by atoms with Crippen LogP contribution in [-0.2, 0) is 4.79 Å². The van der Waals surface area contributed by atoms with Crippen LogP contribution in [0, 0.1) is 0 Å². The van der Waals surface area contributed by atoms with E-state index >= 15 is 0 Å². The summed E-state index contributed by atoms with van der Waals surface area (Å²) in [6.45, 7) is 8.49. The van der Waals surface area contributed by atoms with E-state index in [-0.39, 0.29) is 22.9 Å². The van der Waals surface area contributed by atoms with Crippen molar-refractivity contribution in [3.8, 4) is 0 Å². The standard InChI is InChI=1S/C10H18ClNO/c1-5-6-10(4)9(2,3)12(10)8(13)7-11/h5-7H2,1-4H3. The Morgan fingerprint density at radius 3 is 2.31 bits per heavy atom. The molecule has 13 heavy (non-hydrogen) atoms. The van der Waals surface area contributed by atoms with Gasteiger partial charge in [-0.3, -0.25) is 4.79 Å². The number of hydrogen-bond donors (Lipinski definition) is 0. The molecule has 1 atom stereocenters. The lowest BCUT2D eigenvalue weighted by Crippen LogP contribution is -2.21. The monoisotopic (exact) mass is 203 g/mol. The van der Waals surface area contributed by atoms with Crippen LogP contribution in [0.25, 0.3) is 0 Å². The number of hydrogen-bond acceptors (Lipinski definition) is 1. The summed E-state index contributed by atoms with van der Waals surface area (Å²) in [6, 6.07) is 0. The molecule has 0 aromatic heterocycles. The number of carbonyl (C=O) groups excluding carboxylic acids is 1. The number of alkyl halides is 1. The maximum absolute atomic E-state index is 11.5. The van der Waals surface area contributed by atoms with Crippen molar-refractivity contribution >= 4 is 17.5 Å². The highest BCUT2D eigenvalue weighted by atomic mass is 35.5. The summed E-state index contributed by atoms with van der Waals surface area (Å²) < 4.78 is 0. The second-order valence-electron chi connectivity index (χ2n) is 4.45. The molecule has 1 rings (SSSR count). The van der Waals surface area contributed by atoms with E-state index in [0.29, 0.717) is 0 Å². The largest absolute Gasteiger partial charge is 0.326 e. The van der Waals surface area contributed by atoms with E-state index in [1.807, 2.05) is 4.90 Å². The van der Waals surface area contributed by atoms with Crippen LogP contribution in [0.1, 0.15) is 40.5 Å². The zero-order valence-electron chi connectivity index (χ0n) is 8.85. The summed E-state index contributed by atoms with van der Waals surface area (Å²) in [5.74, 6) is 0.158. The minimum atomic E-state index is -0.00498. The zero-order valence-corrected chi connectivity index (χ0v) is 9.61. The molecule has 1 saturated heterocycles. The van der Waals surface area contributed by atoms with Gasteiger partial charge in [0.25, 0.3) is 0 Å². The third-order valence-corrected chi connectivity index (χ3v) is 3.65. The average Bonchev–Trinajstić information content (AvgIpc) is 2.46. The van der Waals surface area contributed by atoms with Gasteiger partial charge in [0.15, 0.2) is 0 Å². The van der Waals surface area contributed by atoms with Crippen molar-refractivity contribution in [2.24, 2.45) is 0 Å². The van der Waals surface area contributed by atoms with Gasteiger partial charge in [0.1, 0.15) is 5.88 Å². The summed E-state index contributed by atoms with van der Waals surface area (Å²) in [7, 11) is 0. The number of nitrogens with zero attached hydrogens (tertiary/aromatic N) is 1. The van der Waals surface area contributed by atoms with E-state index in [9.17, 15) is 4.79 Å². The Kier molecular flexibility index (Phi) is 2.63. The molecule has 2 nitrogen and oxygen atoms in total. The summed E-state index contributed by atoms with van der Waals surface area (Å²) in [5.41, 5.74) is 0.0305. The molecule has 0 aromatic carbocycles. The van der Waals surface area contributed by atoms with Gasteiger partial charge < -0.3 is 4.90 Å². The third kappa shape index (κ3) is 1.35. The fraction of sp³-hybridized carbons (Fsp3) is 0.900. The molecule has 76 valence electrons. The molecule has 0 radical (unpaired) electrons. The van der Waals surface area contributed by atoms with Crippen LogP contribution >= 0.6 is 11.6 Å². The molecule has 0 saturated carbocycles. The molecule has 1 amide bonds. The van der Waals surface area contributed by atoms with Gasteiger partial charge in [0, 0.05) is 0 Å². The highest BCUT2D eigenvalue weighted by Gasteiger charge is 2.67. The Labute approximate surface area is 85.2 Å². The highest BCUT2D eigenvalue weighted by Crippen LogP contribution is 2.53. The van der Waals surface area contributed by atoms with E-state index in [1.165, 1.54) is 0 Å². The molecule has 1 unspecified atom stereocenters. The van der Waals surface area contributed by atoms with Crippen molar-refractivity contribution < 1.29 is 4.79 Å². The Balaban J connectivity index is 2.75. The summed E-state index contributed by atoms with van der Waals surface area (Å²) in [6.07, 6.45) is 2.16. The first-order chi connectivity index (χ1) is 5.91. The summed E-state index contributed by atoms with van der Waals surface area (Å²) in [4.78, 5) is 13.4. The first kappa shape index (κ1) is 10.8. The number of carbonyl (C=O) groups is 1. The average molecular weight is 204 g/mol. The van der Waals surface area contributed by atoms with Crippen molar-refractivity contribution in [1.82, 2.24) is 4.90 Å².